The van der Waals surface area contributed by atoms with Crippen LogP contribution in [0.5, 0.6) is 0 Å². The Morgan fingerprint density at radius 2 is 1.82 bits per heavy atom. The van der Waals surface area contributed by atoms with Gasteiger partial charge in [0, 0.05) is 16.6 Å². The molecule has 0 aliphatic heterocycles. The third-order valence-electron chi connectivity index (χ3n) is 6.69. The second-order valence-electron chi connectivity index (χ2n) is 8.58. The van der Waals surface area contributed by atoms with Crippen LogP contribution in [0.15, 0.2) is 24.3 Å². The van der Waals surface area contributed by atoms with Gasteiger partial charge in [0.05, 0.1) is 6.61 Å². The van der Waals surface area contributed by atoms with E-state index in [0.717, 1.165) is 31.6 Å². The van der Waals surface area contributed by atoms with Crippen LogP contribution in [0.3, 0.4) is 0 Å². The summed E-state index contributed by atoms with van der Waals surface area (Å²) in [6.07, 6.45) is 5.76. The molecule has 3 aliphatic carbocycles. The molecule has 3 fully saturated rings. The summed E-state index contributed by atoms with van der Waals surface area (Å²) in [6, 6.07) is -1.15. The summed E-state index contributed by atoms with van der Waals surface area (Å²) in [5.41, 5.74) is 0.0351. The van der Waals surface area contributed by atoms with Crippen molar-refractivity contribution in [3.63, 3.8) is 0 Å². The van der Waals surface area contributed by atoms with E-state index < -0.39 is 23.9 Å². The van der Waals surface area contributed by atoms with Gasteiger partial charge in [-0.05, 0) is 63.7 Å². The molecule has 0 aromatic rings. The SMILES string of the molecule is C=C(C)C(=O)NC(=O)N(C(=O)OCC12CCC(C1)C1CCCC12)C(=O)C(=C)C. The number of nitrogens with zero attached hydrogens (tertiary/aromatic N) is 1. The Kier molecular flexibility index (Phi) is 5.46. The van der Waals surface area contributed by atoms with Crippen molar-refractivity contribution in [2.24, 2.45) is 23.2 Å². The lowest BCUT2D eigenvalue weighted by atomic mass is 9.72. The van der Waals surface area contributed by atoms with Gasteiger partial charge in [0.25, 0.3) is 11.8 Å². The minimum Gasteiger partial charge on any atom is -0.448 e. The highest BCUT2D eigenvalue weighted by Crippen LogP contribution is 2.65. The molecule has 0 saturated heterocycles. The van der Waals surface area contributed by atoms with Crippen LogP contribution < -0.4 is 5.32 Å². The average Bonchev–Trinajstić information content (AvgIpc) is 3.33. The Morgan fingerprint density at radius 3 is 2.46 bits per heavy atom. The zero-order valence-electron chi connectivity index (χ0n) is 16.6. The number of rotatable bonds is 4. The first-order chi connectivity index (χ1) is 13.2. The van der Waals surface area contributed by atoms with E-state index in [-0.39, 0.29) is 23.2 Å². The number of hydrogen-bond acceptors (Lipinski definition) is 5. The maximum atomic E-state index is 12.6. The first-order valence-corrected chi connectivity index (χ1v) is 9.84. The van der Waals surface area contributed by atoms with Gasteiger partial charge < -0.3 is 4.74 Å². The molecule has 0 heterocycles. The number of ether oxygens (including phenoxy) is 1. The van der Waals surface area contributed by atoms with Crippen molar-refractivity contribution < 1.29 is 23.9 Å². The minimum absolute atomic E-state index is 0.00862. The van der Waals surface area contributed by atoms with E-state index >= 15 is 0 Å². The normalized spacial score (nSPS) is 29.7. The van der Waals surface area contributed by atoms with Gasteiger partial charge in [0.15, 0.2) is 0 Å². The summed E-state index contributed by atoms with van der Waals surface area (Å²) in [4.78, 5) is 49.4. The number of carbonyl (C=O) groups is 4. The number of nitrogens with one attached hydrogen (secondary N) is 1. The third-order valence-corrected chi connectivity index (χ3v) is 6.69. The molecular formula is C21H28N2O5. The van der Waals surface area contributed by atoms with Gasteiger partial charge in [0.2, 0.25) is 0 Å². The van der Waals surface area contributed by atoms with Crippen molar-refractivity contribution in [2.75, 3.05) is 6.61 Å². The van der Waals surface area contributed by atoms with Crippen LogP contribution in [-0.4, -0.2) is 35.4 Å². The fraction of sp³-hybridized carbons (Fsp3) is 0.619. The van der Waals surface area contributed by atoms with Crippen molar-refractivity contribution in [1.82, 2.24) is 10.2 Å². The summed E-state index contributed by atoms with van der Waals surface area (Å²) in [5, 5.41) is 1.98. The van der Waals surface area contributed by atoms with Crippen LogP contribution in [0, 0.1) is 23.2 Å². The maximum absolute atomic E-state index is 12.6. The van der Waals surface area contributed by atoms with Gasteiger partial charge in [-0.25, -0.2) is 9.59 Å². The molecule has 0 aromatic heterocycles. The van der Waals surface area contributed by atoms with E-state index in [2.05, 4.69) is 13.2 Å². The second kappa shape index (κ2) is 7.53. The Labute approximate surface area is 165 Å². The molecule has 0 aromatic carbocycles. The van der Waals surface area contributed by atoms with Gasteiger partial charge in [-0.3, -0.25) is 14.9 Å². The van der Waals surface area contributed by atoms with Crippen LogP contribution in [0.1, 0.15) is 52.4 Å². The largest absolute Gasteiger partial charge is 0.448 e. The molecule has 0 spiro atoms. The molecule has 2 bridgehead atoms. The Hall–Kier alpha value is -2.44. The van der Waals surface area contributed by atoms with E-state index in [4.69, 9.17) is 4.74 Å². The van der Waals surface area contributed by atoms with Crippen molar-refractivity contribution in [3.8, 4) is 0 Å². The quantitative estimate of drug-likeness (QED) is 0.744. The number of carbonyl (C=O) groups excluding carboxylic acids is 4. The summed E-state index contributed by atoms with van der Waals surface area (Å²) in [5.74, 6) is 0.319. The van der Waals surface area contributed by atoms with Crippen molar-refractivity contribution in [2.45, 2.75) is 52.4 Å². The van der Waals surface area contributed by atoms with E-state index in [1.165, 1.54) is 26.7 Å². The number of imide groups is 4. The molecule has 4 atom stereocenters. The van der Waals surface area contributed by atoms with Gasteiger partial charge in [-0.15, -0.1) is 0 Å². The molecule has 0 radical (unpaired) electrons. The molecule has 7 nitrogen and oxygen atoms in total. The highest BCUT2D eigenvalue weighted by atomic mass is 16.6. The van der Waals surface area contributed by atoms with Gasteiger partial charge in [0.1, 0.15) is 0 Å². The predicted molar refractivity (Wildman–Crippen MR) is 102 cm³/mol. The zero-order valence-corrected chi connectivity index (χ0v) is 16.6. The fourth-order valence-electron chi connectivity index (χ4n) is 5.43. The standard InChI is InChI=1S/C21H28N2O5/c1-12(2)17(24)22-19(26)23(18(25)13(3)4)20(27)28-11-21-9-8-14(10-21)15-6-5-7-16(15)21/h14-16H,1,3,5-11H2,2,4H3,(H,22,24,26). The minimum atomic E-state index is -1.15. The van der Waals surface area contributed by atoms with Gasteiger partial charge in [-0.2, -0.15) is 4.90 Å². The Morgan fingerprint density at radius 1 is 1.11 bits per heavy atom. The first-order valence-electron chi connectivity index (χ1n) is 9.84. The van der Waals surface area contributed by atoms with E-state index in [1.54, 1.807) is 0 Å². The number of amides is 5. The number of urea groups is 1. The van der Waals surface area contributed by atoms with Crippen LogP contribution in [-0.2, 0) is 14.3 Å². The van der Waals surface area contributed by atoms with E-state index in [0.29, 0.717) is 16.7 Å². The maximum Gasteiger partial charge on any atom is 0.425 e. The molecule has 3 saturated carbocycles. The molecular weight excluding hydrogens is 360 g/mol. The van der Waals surface area contributed by atoms with Gasteiger partial charge >= 0.3 is 12.1 Å². The molecule has 3 rings (SSSR count). The van der Waals surface area contributed by atoms with Crippen molar-refractivity contribution >= 4 is 23.9 Å². The number of hydrogen-bond donors (Lipinski definition) is 1. The Balaban J connectivity index is 1.70. The lowest BCUT2D eigenvalue weighted by Crippen LogP contribution is -2.50. The molecule has 3 aliphatic rings. The molecule has 7 heteroatoms. The predicted octanol–water partition coefficient (Wildman–Crippen LogP) is 3.56. The van der Waals surface area contributed by atoms with Crippen LogP contribution in [0.2, 0.25) is 0 Å². The Bertz CT molecular complexity index is 758. The highest BCUT2D eigenvalue weighted by Gasteiger charge is 2.59. The fourth-order valence-corrected chi connectivity index (χ4v) is 5.43. The lowest BCUT2D eigenvalue weighted by molar-refractivity contribution is -0.123. The molecule has 4 unspecified atom stereocenters. The topological polar surface area (TPSA) is 92.8 Å². The van der Waals surface area contributed by atoms with Crippen molar-refractivity contribution in [1.29, 1.82) is 0 Å². The lowest BCUT2D eigenvalue weighted by Gasteiger charge is -2.35. The van der Waals surface area contributed by atoms with Crippen molar-refractivity contribution in [3.05, 3.63) is 24.3 Å². The van der Waals surface area contributed by atoms with E-state index in [1.807, 2.05) is 5.32 Å². The second-order valence-corrected chi connectivity index (χ2v) is 8.58. The van der Waals surface area contributed by atoms with Gasteiger partial charge in [-0.1, -0.05) is 19.6 Å². The molecule has 152 valence electrons. The van der Waals surface area contributed by atoms with Crippen LogP contribution in [0.25, 0.3) is 0 Å². The number of fused-ring (bicyclic) bond motifs is 5. The van der Waals surface area contributed by atoms with E-state index in [9.17, 15) is 19.2 Å². The summed E-state index contributed by atoms with van der Waals surface area (Å²) < 4.78 is 5.48. The van der Waals surface area contributed by atoms with Crippen LogP contribution >= 0.6 is 0 Å². The van der Waals surface area contributed by atoms with Crippen LogP contribution in [0.4, 0.5) is 9.59 Å². The highest BCUT2D eigenvalue weighted by molar-refractivity contribution is 6.17. The zero-order chi connectivity index (χ0) is 20.6. The first kappa shape index (κ1) is 20.3. The summed E-state index contributed by atoms with van der Waals surface area (Å²) in [6.45, 7) is 9.93. The third kappa shape index (κ3) is 3.50. The average molecular weight is 388 g/mol. The summed E-state index contributed by atoms with van der Waals surface area (Å²) >= 11 is 0. The monoisotopic (exact) mass is 388 g/mol. The molecule has 28 heavy (non-hydrogen) atoms. The molecule has 5 amide bonds. The molecule has 1 N–H and O–H groups in total. The smallest absolute Gasteiger partial charge is 0.425 e. The summed E-state index contributed by atoms with van der Waals surface area (Å²) in [7, 11) is 0.